The van der Waals surface area contributed by atoms with E-state index in [4.69, 9.17) is 18.6 Å². The van der Waals surface area contributed by atoms with Crippen LogP contribution in [-0.4, -0.2) is 35.9 Å². The second-order valence-electron chi connectivity index (χ2n) is 9.36. The summed E-state index contributed by atoms with van der Waals surface area (Å²) in [6, 6.07) is 22.4. The Kier molecular flexibility index (Phi) is 7.59. The lowest BCUT2D eigenvalue weighted by atomic mass is 9.95. The van der Waals surface area contributed by atoms with Crippen LogP contribution in [0.25, 0.3) is 5.76 Å². The van der Waals surface area contributed by atoms with Crippen LogP contribution >= 0.6 is 0 Å². The van der Waals surface area contributed by atoms with Gasteiger partial charge in [0, 0.05) is 5.56 Å². The summed E-state index contributed by atoms with van der Waals surface area (Å²) in [5.74, 6) is 0.219. The molecule has 1 N–H and O–H groups in total. The molecule has 40 heavy (non-hydrogen) atoms. The molecule has 1 aliphatic rings. The monoisotopic (exact) mass is 539 g/mol. The number of methoxy groups -OCH3 is 2. The number of nitrogens with zero attached hydrogens (tertiary/aromatic N) is 1. The maximum Gasteiger partial charge on any atom is 0.296 e. The normalized spacial score (nSPS) is 16.3. The third kappa shape index (κ3) is 5.16. The number of aryl methyl sites for hydroxylation is 1. The maximum atomic E-state index is 13.4. The van der Waals surface area contributed by atoms with E-state index in [2.05, 4.69) is 0 Å². The van der Waals surface area contributed by atoms with Gasteiger partial charge in [-0.1, -0.05) is 30.3 Å². The van der Waals surface area contributed by atoms with Crippen molar-refractivity contribution in [1.82, 2.24) is 4.90 Å². The molecule has 204 valence electrons. The van der Waals surface area contributed by atoms with Gasteiger partial charge in [-0.25, -0.2) is 0 Å². The van der Waals surface area contributed by atoms with Crippen LogP contribution in [0.15, 0.2) is 95.1 Å². The van der Waals surface area contributed by atoms with Crippen molar-refractivity contribution in [2.75, 3.05) is 14.2 Å². The number of ketones is 1. The maximum absolute atomic E-state index is 13.4. The molecule has 1 unspecified atom stereocenters. The standard InChI is InChI=1S/C32H29NO7/c1-20-7-4-5-8-23(20)19-40-24-13-10-21(11-14-24)30(34)28-29(22-12-15-26(37-2)27(17-22)38-3)33(32(36)31(28)35)18-25-9-6-16-39-25/h4-17,29,34H,18-19H2,1-3H3/b30-28+. The molecule has 0 saturated carbocycles. The van der Waals surface area contributed by atoms with Crippen LogP contribution in [0.5, 0.6) is 17.2 Å². The third-order valence-corrected chi connectivity index (χ3v) is 6.95. The summed E-state index contributed by atoms with van der Waals surface area (Å²) >= 11 is 0. The molecule has 1 aromatic heterocycles. The molecule has 8 heteroatoms. The number of carbonyl (C=O) groups excluding carboxylic acids is 2. The van der Waals surface area contributed by atoms with E-state index in [1.165, 1.54) is 25.4 Å². The summed E-state index contributed by atoms with van der Waals surface area (Å²) < 4.78 is 22.2. The summed E-state index contributed by atoms with van der Waals surface area (Å²) in [7, 11) is 3.03. The number of carbonyl (C=O) groups is 2. The quantitative estimate of drug-likeness (QED) is 0.163. The van der Waals surface area contributed by atoms with Crippen molar-refractivity contribution in [3.63, 3.8) is 0 Å². The van der Waals surface area contributed by atoms with Gasteiger partial charge in [0.1, 0.15) is 23.9 Å². The lowest BCUT2D eigenvalue weighted by molar-refractivity contribution is -0.140. The average Bonchev–Trinajstić information content (AvgIpc) is 3.58. The van der Waals surface area contributed by atoms with Crippen molar-refractivity contribution in [3.8, 4) is 17.2 Å². The molecule has 4 aromatic rings. The molecule has 1 amide bonds. The molecule has 1 saturated heterocycles. The van der Waals surface area contributed by atoms with E-state index >= 15 is 0 Å². The van der Waals surface area contributed by atoms with Crippen LogP contribution < -0.4 is 14.2 Å². The van der Waals surface area contributed by atoms with Gasteiger partial charge in [0.25, 0.3) is 11.7 Å². The van der Waals surface area contributed by atoms with E-state index in [1.54, 1.807) is 54.6 Å². The first-order valence-electron chi connectivity index (χ1n) is 12.7. The number of ether oxygens (including phenoxy) is 3. The molecule has 0 bridgehead atoms. The first-order valence-corrected chi connectivity index (χ1v) is 12.7. The zero-order chi connectivity index (χ0) is 28.2. The Morgan fingerprint density at radius 2 is 1.68 bits per heavy atom. The van der Waals surface area contributed by atoms with Crippen LogP contribution in [0.3, 0.4) is 0 Å². The Morgan fingerprint density at radius 3 is 2.35 bits per heavy atom. The summed E-state index contributed by atoms with van der Waals surface area (Å²) in [6.07, 6.45) is 1.50. The largest absolute Gasteiger partial charge is 0.507 e. The molecule has 3 aromatic carbocycles. The summed E-state index contributed by atoms with van der Waals surface area (Å²) in [5.41, 5.74) is 3.12. The second kappa shape index (κ2) is 11.4. The fraction of sp³-hybridized carbons (Fsp3) is 0.188. The Bertz CT molecular complexity index is 1550. The van der Waals surface area contributed by atoms with Crippen LogP contribution in [0.2, 0.25) is 0 Å². The van der Waals surface area contributed by atoms with E-state index in [0.717, 1.165) is 11.1 Å². The third-order valence-electron chi connectivity index (χ3n) is 6.95. The van der Waals surface area contributed by atoms with E-state index in [-0.39, 0.29) is 17.9 Å². The number of Topliss-reactive ketones (excluding diaryl/α,β-unsaturated/α-hetero) is 1. The molecular weight excluding hydrogens is 510 g/mol. The van der Waals surface area contributed by atoms with Gasteiger partial charge in [0.05, 0.1) is 38.6 Å². The van der Waals surface area contributed by atoms with E-state index in [0.29, 0.717) is 40.7 Å². The van der Waals surface area contributed by atoms with Crippen LogP contribution in [0, 0.1) is 6.92 Å². The second-order valence-corrected chi connectivity index (χ2v) is 9.36. The van der Waals surface area contributed by atoms with Gasteiger partial charge in [-0.05, 0) is 72.1 Å². The molecular formula is C32H29NO7. The first-order chi connectivity index (χ1) is 19.4. The van der Waals surface area contributed by atoms with Gasteiger partial charge in [-0.15, -0.1) is 0 Å². The molecule has 8 nitrogen and oxygen atoms in total. The topological polar surface area (TPSA) is 98.4 Å². The van der Waals surface area contributed by atoms with E-state index < -0.39 is 17.7 Å². The average molecular weight is 540 g/mol. The highest BCUT2D eigenvalue weighted by Gasteiger charge is 2.46. The van der Waals surface area contributed by atoms with Crippen molar-refractivity contribution >= 4 is 17.4 Å². The number of rotatable bonds is 9. The number of amides is 1. The predicted molar refractivity (Wildman–Crippen MR) is 148 cm³/mol. The summed E-state index contributed by atoms with van der Waals surface area (Å²) in [4.78, 5) is 28.0. The number of aliphatic hydroxyl groups is 1. The zero-order valence-electron chi connectivity index (χ0n) is 22.4. The molecule has 0 radical (unpaired) electrons. The number of hydrogen-bond acceptors (Lipinski definition) is 7. The van der Waals surface area contributed by atoms with E-state index in [9.17, 15) is 14.7 Å². The van der Waals surface area contributed by atoms with Crippen molar-refractivity contribution in [2.45, 2.75) is 26.1 Å². The zero-order valence-corrected chi connectivity index (χ0v) is 22.4. The van der Waals surface area contributed by atoms with Crippen molar-refractivity contribution in [1.29, 1.82) is 0 Å². The lowest BCUT2D eigenvalue weighted by Crippen LogP contribution is -2.29. The van der Waals surface area contributed by atoms with Crippen LogP contribution in [-0.2, 0) is 22.7 Å². The van der Waals surface area contributed by atoms with Gasteiger partial charge in [0.15, 0.2) is 11.5 Å². The first kappa shape index (κ1) is 26.6. The van der Waals surface area contributed by atoms with Crippen molar-refractivity contribution < 1.29 is 33.3 Å². The number of hydrogen-bond donors (Lipinski definition) is 1. The van der Waals surface area contributed by atoms with E-state index in [1.807, 2.05) is 31.2 Å². The number of aliphatic hydroxyl groups excluding tert-OH is 1. The highest BCUT2D eigenvalue weighted by Crippen LogP contribution is 2.42. The van der Waals surface area contributed by atoms with Gasteiger partial charge < -0.3 is 28.6 Å². The molecule has 2 heterocycles. The van der Waals surface area contributed by atoms with Gasteiger partial charge in [-0.2, -0.15) is 0 Å². The molecule has 0 aliphatic carbocycles. The molecule has 1 atom stereocenters. The molecule has 0 spiro atoms. The molecule has 1 fully saturated rings. The molecule has 5 rings (SSSR count). The minimum atomic E-state index is -0.887. The number of likely N-dealkylation sites (tertiary alicyclic amines) is 1. The highest BCUT2D eigenvalue weighted by atomic mass is 16.5. The lowest BCUT2D eigenvalue weighted by Gasteiger charge is -2.25. The van der Waals surface area contributed by atoms with Gasteiger partial charge in [0.2, 0.25) is 0 Å². The Hall–Kier alpha value is -4.98. The fourth-order valence-electron chi connectivity index (χ4n) is 4.78. The van der Waals surface area contributed by atoms with Crippen molar-refractivity contribution in [2.24, 2.45) is 0 Å². The van der Waals surface area contributed by atoms with Crippen LogP contribution in [0.1, 0.15) is 34.1 Å². The SMILES string of the molecule is COc1ccc(C2/C(=C(\O)c3ccc(OCc4ccccc4C)cc3)C(=O)C(=O)N2Cc2ccco2)cc1OC. The highest BCUT2D eigenvalue weighted by molar-refractivity contribution is 6.46. The Labute approximate surface area is 232 Å². The minimum Gasteiger partial charge on any atom is -0.507 e. The van der Waals surface area contributed by atoms with Crippen LogP contribution in [0.4, 0.5) is 0 Å². The van der Waals surface area contributed by atoms with Crippen molar-refractivity contribution in [3.05, 3.63) is 119 Å². The Morgan fingerprint density at radius 1 is 0.925 bits per heavy atom. The summed E-state index contributed by atoms with van der Waals surface area (Å²) in [5, 5.41) is 11.4. The predicted octanol–water partition coefficient (Wildman–Crippen LogP) is 5.81. The van der Waals surface area contributed by atoms with Gasteiger partial charge >= 0.3 is 0 Å². The van der Waals surface area contributed by atoms with Gasteiger partial charge in [-0.3, -0.25) is 9.59 Å². The Balaban J connectivity index is 1.51. The number of furan rings is 1. The molecule has 1 aliphatic heterocycles. The minimum absolute atomic E-state index is 0.0302. The smallest absolute Gasteiger partial charge is 0.296 e. The fourth-order valence-corrected chi connectivity index (χ4v) is 4.78. The number of benzene rings is 3. The summed E-state index contributed by atoms with van der Waals surface area (Å²) in [6.45, 7) is 2.46.